The van der Waals surface area contributed by atoms with Crippen LogP contribution in [-0.4, -0.2) is 5.78 Å². The summed E-state index contributed by atoms with van der Waals surface area (Å²) in [6.45, 7) is 3.74. The predicted molar refractivity (Wildman–Crippen MR) is 77.5 cm³/mol. The molecule has 0 radical (unpaired) electrons. The minimum atomic E-state index is -0.361. The van der Waals surface area contributed by atoms with Gasteiger partial charge in [0.15, 0.2) is 5.78 Å². The first kappa shape index (κ1) is 12.8. The molecule has 1 nitrogen and oxygen atoms in total. The van der Waals surface area contributed by atoms with Crippen LogP contribution in [0.5, 0.6) is 0 Å². The monoisotopic (exact) mass is 266 g/mol. The quantitative estimate of drug-likeness (QED) is 0.742. The summed E-state index contributed by atoms with van der Waals surface area (Å²) >= 11 is 0. The number of allylic oxidation sites excluding steroid dienone is 1. The zero-order valence-electron chi connectivity index (χ0n) is 11.1. The number of carbonyl (C=O) groups is 1. The zero-order chi connectivity index (χ0) is 14.1. The number of rotatable bonds is 2. The molecule has 3 rings (SSSR count). The third-order valence-electron chi connectivity index (χ3n) is 3.87. The van der Waals surface area contributed by atoms with Crippen molar-refractivity contribution in [2.75, 3.05) is 0 Å². The van der Waals surface area contributed by atoms with Gasteiger partial charge in [-0.15, -0.1) is 6.58 Å². The summed E-state index contributed by atoms with van der Waals surface area (Å²) in [5.74, 6) is -0.628. The van der Waals surface area contributed by atoms with E-state index in [2.05, 4.69) is 6.58 Å². The van der Waals surface area contributed by atoms with Crippen LogP contribution in [0.4, 0.5) is 4.39 Å². The first-order chi connectivity index (χ1) is 9.70. The number of hydrogen-bond donors (Lipinski definition) is 0. The van der Waals surface area contributed by atoms with Crippen molar-refractivity contribution < 1.29 is 9.18 Å². The van der Waals surface area contributed by atoms with E-state index in [0.717, 1.165) is 16.7 Å². The van der Waals surface area contributed by atoms with E-state index in [-0.39, 0.29) is 17.5 Å². The van der Waals surface area contributed by atoms with Crippen molar-refractivity contribution in [3.8, 4) is 0 Å². The van der Waals surface area contributed by atoms with Crippen molar-refractivity contribution >= 4 is 5.78 Å². The molecular formula is C18H15FO. The standard InChI is InChI=1S/C18H15FO/c1-2-5-16-15-7-4-3-6-12(15)10-13-8-9-14(19)11-17(13)18(16)20/h2-4,6-9,11,16H,1,5,10H2. The van der Waals surface area contributed by atoms with Gasteiger partial charge in [-0.1, -0.05) is 36.4 Å². The molecule has 100 valence electrons. The number of ketones is 1. The number of fused-ring (bicyclic) bond motifs is 2. The van der Waals surface area contributed by atoms with Crippen molar-refractivity contribution in [2.45, 2.75) is 18.8 Å². The second-order valence-electron chi connectivity index (χ2n) is 5.12. The van der Waals surface area contributed by atoms with Gasteiger partial charge in [0.2, 0.25) is 0 Å². The Morgan fingerprint density at radius 2 is 2.00 bits per heavy atom. The van der Waals surface area contributed by atoms with Crippen LogP contribution in [0.3, 0.4) is 0 Å². The van der Waals surface area contributed by atoms with Crippen molar-refractivity contribution in [3.05, 3.63) is 83.2 Å². The number of benzene rings is 2. The topological polar surface area (TPSA) is 17.1 Å². The Hall–Kier alpha value is -2.22. The molecule has 0 fully saturated rings. The maximum absolute atomic E-state index is 13.5. The lowest BCUT2D eigenvalue weighted by Gasteiger charge is -2.14. The summed E-state index contributed by atoms with van der Waals surface area (Å²) in [6.07, 6.45) is 3.00. The molecule has 1 atom stereocenters. The van der Waals surface area contributed by atoms with E-state index in [1.54, 1.807) is 12.1 Å². The van der Waals surface area contributed by atoms with Crippen LogP contribution in [0.1, 0.15) is 39.4 Å². The summed E-state index contributed by atoms with van der Waals surface area (Å²) < 4.78 is 13.5. The average Bonchev–Trinajstić information content (AvgIpc) is 2.57. The highest BCUT2D eigenvalue weighted by Gasteiger charge is 2.28. The van der Waals surface area contributed by atoms with Crippen molar-refractivity contribution in [2.24, 2.45) is 0 Å². The molecule has 0 heterocycles. The third-order valence-corrected chi connectivity index (χ3v) is 3.87. The summed E-state index contributed by atoms with van der Waals surface area (Å²) in [7, 11) is 0. The fourth-order valence-electron chi connectivity index (χ4n) is 2.90. The second-order valence-corrected chi connectivity index (χ2v) is 5.12. The molecule has 2 heteroatoms. The van der Waals surface area contributed by atoms with Gasteiger partial charge in [0.1, 0.15) is 5.82 Å². The van der Waals surface area contributed by atoms with Gasteiger partial charge in [0, 0.05) is 5.56 Å². The molecule has 0 N–H and O–H groups in total. The Morgan fingerprint density at radius 1 is 1.20 bits per heavy atom. The SMILES string of the molecule is C=CCC1C(=O)c2cc(F)ccc2Cc2ccccc21. The molecule has 0 spiro atoms. The molecule has 0 amide bonds. The van der Waals surface area contributed by atoms with Gasteiger partial charge in [-0.3, -0.25) is 4.79 Å². The number of halogens is 1. The molecule has 0 saturated carbocycles. The molecule has 0 aromatic heterocycles. The lowest BCUT2D eigenvalue weighted by atomic mass is 9.88. The van der Waals surface area contributed by atoms with E-state index < -0.39 is 0 Å². The van der Waals surface area contributed by atoms with Gasteiger partial charge in [-0.25, -0.2) is 4.39 Å². The van der Waals surface area contributed by atoms with Gasteiger partial charge in [-0.2, -0.15) is 0 Å². The number of Topliss-reactive ketones (excluding diaryl/α,β-unsaturated/α-hetero) is 1. The first-order valence-electron chi connectivity index (χ1n) is 6.72. The van der Waals surface area contributed by atoms with Gasteiger partial charge < -0.3 is 0 Å². The minimum absolute atomic E-state index is 0.00986. The summed E-state index contributed by atoms with van der Waals surface area (Å²) in [5.41, 5.74) is 3.58. The van der Waals surface area contributed by atoms with Crippen LogP contribution in [0, 0.1) is 5.82 Å². The normalized spacial score (nSPS) is 17.1. The Labute approximate surface area is 117 Å². The molecular weight excluding hydrogens is 251 g/mol. The van der Waals surface area contributed by atoms with Gasteiger partial charge >= 0.3 is 0 Å². The smallest absolute Gasteiger partial charge is 0.171 e. The van der Waals surface area contributed by atoms with Gasteiger partial charge in [-0.05, 0) is 41.7 Å². The van der Waals surface area contributed by atoms with Gasteiger partial charge in [0.25, 0.3) is 0 Å². The second kappa shape index (κ2) is 5.04. The summed E-state index contributed by atoms with van der Waals surface area (Å²) in [6, 6.07) is 12.4. The van der Waals surface area contributed by atoms with Crippen LogP contribution in [0.2, 0.25) is 0 Å². The highest BCUT2D eigenvalue weighted by atomic mass is 19.1. The number of hydrogen-bond acceptors (Lipinski definition) is 1. The zero-order valence-corrected chi connectivity index (χ0v) is 11.1. The largest absolute Gasteiger partial charge is 0.293 e. The van der Waals surface area contributed by atoms with Crippen molar-refractivity contribution in [3.63, 3.8) is 0 Å². The molecule has 2 aromatic rings. The van der Waals surface area contributed by atoms with Crippen molar-refractivity contribution in [1.29, 1.82) is 0 Å². The van der Waals surface area contributed by atoms with E-state index >= 15 is 0 Å². The lowest BCUT2D eigenvalue weighted by molar-refractivity contribution is 0.0960. The highest BCUT2D eigenvalue weighted by molar-refractivity contribution is 6.03. The van der Waals surface area contributed by atoms with Crippen LogP contribution in [0.15, 0.2) is 55.1 Å². The van der Waals surface area contributed by atoms with Crippen LogP contribution in [-0.2, 0) is 6.42 Å². The lowest BCUT2D eigenvalue weighted by Crippen LogP contribution is -2.12. The maximum Gasteiger partial charge on any atom is 0.171 e. The van der Waals surface area contributed by atoms with E-state index in [1.165, 1.54) is 12.1 Å². The van der Waals surface area contributed by atoms with Crippen LogP contribution >= 0.6 is 0 Å². The van der Waals surface area contributed by atoms with Crippen LogP contribution in [0.25, 0.3) is 0 Å². The van der Waals surface area contributed by atoms with E-state index in [9.17, 15) is 9.18 Å². The Bertz CT molecular complexity index is 688. The molecule has 0 saturated heterocycles. The minimum Gasteiger partial charge on any atom is -0.293 e. The Balaban J connectivity index is 2.21. The van der Waals surface area contributed by atoms with Crippen LogP contribution < -0.4 is 0 Å². The number of carbonyl (C=O) groups excluding carboxylic acids is 1. The molecule has 1 aliphatic carbocycles. The van der Waals surface area contributed by atoms with E-state index in [1.807, 2.05) is 24.3 Å². The first-order valence-corrected chi connectivity index (χ1v) is 6.72. The molecule has 1 unspecified atom stereocenters. The predicted octanol–water partition coefficient (Wildman–Crippen LogP) is 4.27. The molecule has 1 aliphatic rings. The van der Waals surface area contributed by atoms with E-state index in [0.29, 0.717) is 18.4 Å². The molecule has 0 bridgehead atoms. The van der Waals surface area contributed by atoms with Gasteiger partial charge in [0.05, 0.1) is 5.92 Å². The summed E-state index contributed by atoms with van der Waals surface area (Å²) in [4.78, 5) is 12.7. The van der Waals surface area contributed by atoms with E-state index in [4.69, 9.17) is 0 Å². The Kier molecular flexibility index (Phi) is 3.23. The third kappa shape index (κ3) is 2.07. The molecule has 20 heavy (non-hydrogen) atoms. The average molecular weight is 266 g/mol. The fraction of sp³-hybridized carbons (Fsp3) is 0.167. The highest BCUT2D eigenvalue weighted by Crippen LogP contribution is 2.34. The molecule has 0 aliphatic heterocycles. The van der Waals surface area contributed by atoms with Crippen molar-refractivity contribution in [1.82, 2.24) is 0 Å². The molecule has 2 aromatic carbocycles. The summed E-state index contributed by atoms with van der Waals surface area (Å²) in [5, 5.41) is 0. The fourth-order valence-corrected chi connectivity index (χ4v) is 2.90. The maximum atomic E-state index is 13.5. The Morgan fingerprint density at radius 3 is 2.80 bits per heavy atom.